The van der Waals surface area contributed by atoms with E-state index in [9.17, 15) is 9.90 Å². The van der Waals surface area contributed by atoms with Crippen molar-refractivity contribution in [3.05, 3.63) is 28.1 Å². The summed E-state index contributed by atoms with van der Waals surface area (Å²) in [4.78, 5) is 18.8. The molecule has 6 heteroatoms. The molecule has 0 saturated carbocycles. The summed E-state index contributed by atoms with van der Waals surface area (Å²) in [7, 11) is 0. The van der Waals surface area contributed by atoms with Gasteiger partial charge in [-0.1, -0.05) is 6.92 Å². The fourth-order valence-electron chi connectivity index (χ4n) is 2.84. The first-order chi connectivity index (χ1) is 10.1. The zero-order chi connectivity index (χ0) is 14.8. The van der Waals surface area contributed by atoms with Crippen LogP contribution in [0.15, 0.2) is 22.6 Å². The van der Waals surface area contributed by atoms with Gasteiger partial charge in [-0.15, -0.1) is 11.3 Å². The van der Waals surface area contributed by atoms with Crippen LogP contribution in [-0.2, 0) is 6.54 Å². The number of β-amino-alcohol motifs (C(OH)–C–C–N with tert-alkyl or cyclic N) is 1. The van der Waals surface area contributed by atoms with Gasteiger partial charge in [0.05, 0.1) is 24.5 Å². The third kappa shape index (κ3) is 3.33. The van der Waals surface area contributed by atoms with E-state index in [1.807, 2.05) is 11.4 Å². The van der Waals surface area contributed by atoms with Gasteiger partial charge in [0, 0.05) is 6.54 Å². The maximum Gasteiger partial charge on any atom is 0.271 e. The molecule has 0 radical (unpaired) electrons. The van der Waals surface area contributed by atoms with E-state index < -0.39 is 6.10 Å². The molecular formula is C15H21N3O2S. The van der Waals surface area contributed by atoms with Gasteiger partial charge in [0.1, 0.15) is 4.70 Å². The van der Waals surface area contributed by atoms with E-state index in [0.717, 1.165) is 24.5 Å². The summed E-state index contributed by atoms with van der Waals surface area (Å²) in [5.74, 6) is 0.784. The lowest BCUT2D eigenvalue weighted by Crippen LogP contribution is -2.40. The number of hydrogen-bond acceptors (Lipinski definition) is 5. The molecule has 3 heterocycles. The molecule has 21 heavy (non-hydrogen) atoms. The molecule has 0 amide bonds. The molecule has 1 saturated heterocycles. The Balaban J connectivity index is 1.64. The average molecular weight is 307 g/mol. The highest BCUT2D eigenvalue weighted by Crippen LogP contribution is 2.16. The van der Waals surface area contributed by atoms with Gasteiger partial charge in [-0.05, 0) is 43.3 Å². The number of rotatable bonds is 4. The van der Waals surface area contributed by atoms with Crippen LogP contribution < -0.4 is 5.56 Å². The zero-order valence-corrected chi connectivity index (χ0v) is 13.1. The first kappa shape index (κ1) is 14.7. The molecular weight excluding hydrogens is 286 g/mol. The number of hydrogen-bond donors (Lipinski definition) is 1. The second kappa shape index (κ2) is 6.25. The number of fused-ring (bicyclic) bond motifs is 1. The lowest BCUT2D eigenvalue weighted by Gasteiger charge is -2.31. The van der Waals surface area contributed by atoms with Crippen molar-refractivity contribution in [3.63, 3.8) is 0 Å². The van der Waals surface area contributed by atoms with Crippen LogP contribution in [0.2, 0.25) is 0 Å². The predicted molar refractivity (Wildman–Crippen MR) is 84.7 cm³/mol. The molecule has 5 nitrogen and oxygen atoms in total. The molecule has 1 fully saturated rings. The van der Waals surface area contributed by atoms with E-state index >= 15 is 0 Å². The molecule has 0 aliphatic carbocycles. The largest absolute Gasteiger partial charge is 0.390 e. The lowest BCUT2D eigenvalue weighted by atomic mass is 9.99. The van der Waals surface area contributed by atoms with E-state index in [1.165, 1.54) is 28.7 Å². The summed E-state index contributed by atoms with van der Waals surface area (Å²) in [5, 5.41) is 12.1. The van der Waals surface area contributed by atoms with Crippen molar-refractivity contribution in [1.29, 1.82) is 0 Å². The predicted octanol–water partition coefficient (Wildman–Crippen LogP) is 1.55. The topological polar surface area (TPSA) is 58.4 Å². The summed E-state index contributed by atoms with van der Waals surface area (Å²) in [6.07, 6.45) is 3.39. The monoisotopic (exact) mass is 307 g/mol. The molecule has 0 aromatic carbocycles. The second-order valence-electron chi connectivity index (χ2n) is 5.97. The van der Waals surface area contributed by atoms with Crippen molar-refractivity contribution in [2.75, 3.05) is 19.6 Å². The van der Waals surface area contributed by atoms with Crippen LogP contribution in [0.4, 0.5) is 0 Å². The van der Waals surface area contributed by atoms with Crippen molar-refractivity contribution in [2.24, 2.45) is 5.92 Å². The van der Waals surface area contributed by atoms with Crippen molar-refractivity contribution >= 4 is 21.6 Å². The van der Waals surface area contributed by atoms with Gasteiger partial charge in [-0.2, -0.15) is 0 Å². The van der Waals surface area contributed by atoms with Gasteiger partial charge in [-0.3, -0.25) is 9.36 Å². The highest BCUT2D eigenvalue weighted by molar-refractivity contribution is 7.17. The van der Waals surface area contributed by atoms with E-state index in [1.54, 1.807) is 6.33 Å². The van der Waals surface area contributed by atoms with Crippen LogP contribution in [0.5, 0.6) is 0 Å². The lowest BCUT2D eigenvalue weighted by molar-refractivity contribution is 0.0794. The Hall–Kier alpha value is -1.24. The van der Waals surface area contributed by atoms with Gasteiger partial charge >= 0.3 is 0 Å². The van der Waals surface area contributed by atoms with Crippen LogP contribution in [0.25, 0.3) is 10.2 Å². The van der Waals surface area contributed by atoms with Crippen LogP contribution in [0, 0.1) is 5.92 Å². The number of likely N-dealkylation sites (tertiary alicyclic amines) is 1. The number of piperidine rings is 1. The summed E-state index contributed by atoms with van der Waals surface area (Å²) in [6, 6.07) is 1.84. The van der Waals surface area contributed by atoms with Crippen LogP contribution in [-0.4, -0.2) is 45.3 Å². The number of nitrogens with zero attached hydrogens (tertiary/aromatic N) is 3. The minimum atomic E-state index is -0.532. The molecule has 114 valence electrons. The number of thiophene rings is 1. The van der Waals surface area contributed by atoms with Gasteiger partial charge in [0.15, 0.2) is 0 Å². The minimum absolute atomic E-state index is 0.0543. The summed E-state index contributed by atoms with van der Waals surface area (Å²) >= 11 is 1.40. The maximum atomic E-state index is 12.3. The van der Waals surface area contributed by atoms with Gasteiger partial charge in [0.2, 0.25) is 0 Å². The molecule has 2 aromatic heterocycles. The summed E-state index contributed by atoms with van der Waals surface area (Å²) < 4.78 is 2.19. The van der Waals surface area contributed by atoms with Crippen molar-refractivity contribution in [1.82, 2.24) is 14.5 Å². The van der Waals surface area contributed by atoms with E-state index in [4.69, 9.17) is 0 Å². The minimum Gasteiger partial charge on any atom is -0.390 e. The van der Waals surface area contributed by atoms with Gasteiger partial charge < -0.3 is 10.0 Å². The quantitative estimate of drug-likeness (QED) is 0.931. The average Bonchev–Trinajstić information content (AvgIpc) is 2.94. The molecule has 0 spiro atoms. The number of aliphatic hydroxyl groups is 1. The van der Waals surface area contributed by atoms with Crippen molar-refractivity contribution in [2.45, 2.75) is 32.4 Å². The third-order valence-corrected chi connectivity index (χ3v) is 5.08. The SMILES string of the molecule is CC1CCN(C[C@H](O)Cn2cnc3ccsc3c2=O)CC1. The molecule has 2 aromatic rings. The maximum absolute atomic E-state index is 12.3. The number of aliphatic hydroxyl groups excluding tert-OH is 1. The highest BCUT2D eigenvalue weighted by atomic mass is 32.1. The smallest absolute Gasteiger partial charge is 0.271 e. The van der Waals surface area contributed by atoms with Crippen molar-refractivity contribution < 1.29 is 5.11 Å². The Morgan fingerprint density at radius 3 is 2.95 bits per heavy atom. The van der Waals surface area contributed by atoms with Crippen LogP contribution in [0.1, 0.15) is 19.8 Å². The Kier molecular flexibility index (Phi) is 4.37. The molecule has 1 atom stereocenters. The van der Waals surface area contributed by atoms with Gasteiger partial charge in [-0.25, -0.2) is 4.98 Å². The summed E-state index contributed by atoms with van der Waals surface area (Å²) in [5.41, 5.74) is 0.682. The highest BCUT2D eigenvalue weighted by Gasteiger charge is 2.19. The second-order valence-corrected chi connectivity index (χ2v) is 6.89. The Bertz CT molecular complexity index is 658. The molecule has 0 unspecified atom stereocenters. The Morgan fingerprint density at radius 2 is 2.19 bits per heavy atom. The molecule has 0 bridgehead atoms. The fraction of sp³-hybridized carbons (Fsp3) is 0.600. The molecule has 1 aliphatic rings. The Morgan fingerprint density at radius 1 is 1.43 bits per heavy atom. The molecule has 1 N–H and O–H groups in total. The first-order valence-electron chi connectivity index (χ1n) is 7.46. The van der Waals surface area contributed by atoms with E-state index in [0.29, 0.717) is 17.8 Å². The molecule has 1 aliphatic heterocycles. The zero-order valence-electron chi connectivity index (χ0n) is 12.2. The number of aromatic nitrogens is 2. The Labute approximate surface area is 127 Å². The fourth-order valence-corrected chi connectivity index (χ4v) is 3.63. The third-order valence-electron chi connectivity index (χ3n) is 4.19. The van der Waals surface area contributed by atoms with Crippen molar-refractivity contribution in [3.8, 4) is 0 Å². The first-order valence-corrected chi connectivity index (χ1v) is 8.34. The standard InChI is InChI=1S/C15H21N3O2S/c1-11-2-5-17(6-3-11)8-12(19)9-18-10-16-13-4-7-21-14(13)15(18)20/h4,7,10-12,19H,2-3,5-6,8-9H2,1H3/t12-/m0/s1. The van der Waals surface area contributed by atoms with Crippen LogP contribution in [0.3, 0.4) is 0 Å². The summed E-state index contributed by atoms with van der Waals surface area (Å²) in [6.45, 7) is 5.28. The van der Waals surface area contributed by atoms with E-state index in [-0.39, 0.29) is 5.56 Å². The van der Waals surface area contributed by atoms with Crippen LogP contribution >= 0.6 is 11.3 Å². The molecule has 3 rings (SSSR count). The van der Waals surface area contributed by atoms with E-state index in [2.05, 4.69) is 16.8 Å². The van der Waals surface area contributed by atoms with Gasteiger partial charge in [0.25, 0.3) is 5.56 Å². The normalized spacial score (nSPS) is 19.1.